The minimum absolute atomic E-state index is 0.189. The van der Waals surface area contributed by atoms with Crippen molar-refractivity contribution in [3.63, 3.8) is 0 Å². The summed E-state index contributed by atoms with van der Waals surface area (Å²) < 4.78 is 13.6. The maximum atomic E-state index is 13.6. The molecule has 0 fully saturated rings. The number of hydrogen-bond donors (Lipinski definition) is 1. The second-order valence-electron chi connectivity index (χ2n) is 4.01. The molecule has 0 bridgehead atoms. The van der Waals surface area contributed by atoms with E-state index in [1.165, 1.54) is 0 Å². The predicted octanol–water partition coefficient (Wildman–Crippen LogP) is 3.59. The first-order valence-corrected chi connectivity index (χ1v) is 5.89. The lowest BCUT2D eigenvalue weighted by molar-refractivity contribution is 0.607. The van der Waals surface area contributed by atoms with Crippen LogP contribution in [-0.4, -0.2) is 17.0 Å². The third kappa shape index (κ3) is 2.29. The van der Waals surface area contributed by atoms with Gasteiger partial charge in [-0.1, -0.05) is 23.7 Å². The summed E-state index contributed by atoms with van der Waals surface area (Å²) in [5, 5.41) is 3.36. The second-order valence-corrected chi connectivity index (χ2v) is 4.42. The van der Waals surface area contributed by atoms with Gasteiger partial charge in [0.25, 0.3) is 0 Å². The Morgan fingerprint density at radius 3 is 2.56 bits per heavy atom. The van der Waals surface area contributed by atoms with Gasteiger partial charge >= 0.3 is 0 Å². The SMILES string of the molecule is CNc1nc(-c2ccc(C)c(Cl)c2)nc(C)c1F. The number of hydrogen-bond acceptors (Lipinski definition) is 3. The number of anilines is 1. The highest BCUT2D eigenvalue weighted by molar-refractivity contribution is 6.31. The van der Waals surface area contributed by atoms with Gasteiger partial charge in [-0.15, -0.1) is 0 Å². The molecule has 0 radical (unpaired) electrons. The zero-order valence-corrected chi connectivity index (χ0v) is 11.1. The molecule has 0 aliphatic rings. The summed E-state index contributed by atoms with van der Waals surface area (Å²) in [5.41, 5.74) is 2.05. The molecule has 1 heterocycles. The molecule has 94 valence electrons. The van der Waals surface area contributed by atoms with Crippen molar-refractivity contribution in [2.45, 2.75) is 13.8 Å². The second kappa shape index (κ2) is 4.90. The van der Waals surface area contributed by atoms with Crippen LogP contribution in [0, 0.1) is 19.7 Å². The van der Waals surface area contributed by atoms with Crippen molar-refractivity contribution in [3.05, 3.63) is 40.3 Å². The number of aryl methyl sites for hydroxylation is 2. The number of nitrogens with one attached hydrogen (secondary N) is 1. The fourth-order valence-corrected chi connectivity index (χ4v) is 1.77. The molecule has 1 aromatic heterocycles. The van der Waals surface area contributed by atoms with Gasteiger partial charge in [-0.05, 0) is 25.5 Å². The maximum absolute atomic E-state index is 13.6. The molecule has 1 aromatic carbocycles. The number of halogens is 2. The van der Waals surface area contributed by atoms with Crippen molar-refractivity contribution in [1.82, 2.24) is 9.97 Å². The topological polar surface area (TPSA) is 37.8 Å². The van der Waals surface area contributed by atoms with E-state index in [0.717, 1.165) is 11.1 Å². The number of aromatic nitrogens is 2. The number of rotatable bonds is 2. The van der Waals surface area contributed by atoms with Gasteiger partial charge in [0.1, 0.15) is 0 Å². The molecule has 0 aliphatic carbocycles. The van der Waals surface area contributed by atoms with Gasteiger partial charge in [0.15, 0.2) is 17.5 Å². The third-order valence-corrected chi connectivity index (χ3v) is 3.09. The first-order chi connectivity index (χ1) is 8.52. The number of benzene rings is 1. The van der Waals surface area contributed by atoms with E-state index in [4.69, 9.17) is 11.6 Å². The van der Waals surface area contributed by atoms with Crippen molar-refractivity contribution >= 4 is 17.4 Å². The van der Waals surface area contributed by atoms with E-state index in [9.17, 15) is 4.39 Å². The summed E-state index contributed by atoms with van der Waals surface area (Å²) in [6.07, 6.45) is 0. The van der Waals surface area contributed by atoms with Crippen LogP contribution in [0.15, 0.2) is 18.2 Å². The summed E-state index contributed by atoms with van der Waals surface area (Å²) in [5.74, 6) is 0.216. The van der Waals surface area contributed by atoms with Crippen LogP contribution in [0.5, 0.6) is 0 Å². The smallest absolute Gasteiger partial charge is 0.186 e. The quantitative estimate of drug-likeness (QED) is 0.902. The summed E-state index contributed by atoms with van der Waals surface area (Å²) in [6.45, 7) is 3.53. The van der Waals surface area contributed by atoms with Crippen molar-refractivity contribution in [2.75, 3.05) is 12.4 Å². The Kier molecular flexibility index (Phi) is 3.48. The lowest BCUT2D eigenvalue weighted by Crippen LogP contribution is -2.03. The van der Waals surface area contributed by atoms with Gasteiger partial charge in [0.2, 0.25) is 0 Å². The zero-order chi connectivity index (χ0) is 13.3. The lowest BCUT2D eigenvalue weighted by Gasteiger charge is -2.08. The molecule has 0 aliphatic heterocycles. The maximum Gasteiger partial charge on any atom is 0.186 e. The normalized spacial score (nSPS) is 10.5. The molecular weight excluding hydrogens is 253 g/mol. The van der Waals surface area contributed by atoms with Crippen LogP contribution in [-0.2, 0) is 0 Å². The van der Waals surface area contributed by atoms with Gasteiger partial charge in [0, 0.05) is 17.6 Å². The molecule has 0 amide bonds. The molecule has 3 nitrogen and oxygen atoms in total. The first-order valence-electron chi connectivity index (χ1n) is 5.51. The summed E-state index contributed by atoms with van der Waals surface area (Å²) >= 11 is 6.06. The highest BCUT2D eigenvalue weighted by Gasteiger charge is 2.12. The Balaban J connectivity index is 2.57. The van der Waals surface area contributed by atoms with Gasteiger partial charge in [-0.3, -0.25) is 0 Å². The van der Waals surface area contributed by atoms with E-state index in [0.29, 0.717) is 16.5 Å². The highest BCUT2D eigenvalue weighted by atomic mass is 35.5. The van der Waals surface area contributed by atoms with E-state index in [-0.39, 0.29) is 5.82 Å². The van der Waals surface area contributed by atoms with E-state index >= 15 is 0 Å². The van der Waals surface area contributed by atoms with E-state index < -0.39 is 5.82 Å². The average molecular weight is 266 g/mol. The Hall–Kier alpha value is -1.68. The van der Waals surface area contributed by atoms with Gasteiger partial charge in [0.05, 0.1) is 5.69 Å². The van der Waals surface area contributed by atoms with Crippen LogP contribution in [0.25, 0.3) is 11.4 Å². The average Bonchev–Trinajstić information content (AvgIpc) is 2.36. The Morgan fingerprint density at radius 1 is 1.22 bits per heavy atom. The third-order valence-electron chi connectivity index (χ3n) is 2.68. The molecule has 18 heavy (non-hydrogen) atoms. The van der Waals surface area contributed by atoms with Crippen molar-refractivity contribution in [3.8, 4) is 11.4 Å². The van der Waals surface area contributed by atoms with Crippen molar-refractivity contribution in [2.24, 2.45) is 0 Å². The largest absolute Gasteiger partial charge is 0.371 e. The molecule has 0 saturated carbocycles. The minimum Gasteiger partial charge on any atom is -0.371 e. The Bertz CT molecular complexity index is 599. The summed E-state index contributed by atoms with van der Waals surface area (Å²) in [7, 11) is 1.62. The van der Waals surface area contributed by atoms with E-state index in [1.54, 1.807) is 20.0 Å². The number of nitrogens with zero attached hydrogens (tertiary/aromatic N) is 2. The van der Waals surface area contributed by atoms with E-state index in [1.807, 2.05) is 19.1 Å². The summed E-state index contributed by atoms with van der Waals surface area (Å²) in [4.78, 5) is 8.27. The van der Waals surface area contributed by atoms with Crippen molar-refractivity contribution in [1.29, 1.82) is 0 Å². The standard InChI is InChI=1S/C13H13ClFN3/c1-7-4-5-9(6-10(7)14)12-17-8(2)11(15)13(16-3)18-12/h4-6H,1-3H3,(H,16,17,18). The van der Waals surface area contributed by atoms with Crippen LogP contribution in [0.3, 0.4) is 0 Å². The van der Waals surface area contributed by atoms with E-state index in [2.05, 4.69) is 15.3 Å². The lowest BCUT2D eigenvalue weighted by atomic mass is 10.1. The fourth-order valence-electron chi connectivity index (χ4n) is 1.59. The molecule has 0 unspecified atom stereocenters. The van der Waals surface area contributed by atoms with Crippen LogP contribution in [0.2, 0.25) is 5.02 Å². The van der Waals surface area contributed by atoms with Gasteiger partial charge in [-0.2, -0.15) is 0 Å². The van der Waals surface area contributed by atoms with Gasteiger partial charge in [-0.25, -0.2) is 14.4 Å². The molecule has 0 spiro atoms. The molecular formula is C13H13ClFN3. The zero-order valence-electron chi connectivity index (χ0n) is 10.4. The van der Waals surface area contributed by atoms with Crippen LogP contribution in [0.4, 0.5) is 10.2 Å². The molecule has 2 aromatic rings. The molecule has 0 atom stereocenters. The van der Waals surface area contributed by atoms with Crippen LogP contribution in [0.1, 0.15) is 11.3 Å². The van der Waals surface area contributed by atoms with Crippen LogP contribution < -0.4 is 5.32 Å². The molecule has 1 N–H and O–H groups in total. The Morgan fingerprint density at radius 2 is 1.94 bits per heavy atom. The fraction of sp³-hybridized carbons (Fsp3) is 0.231. The molecule has 0 saturated heterocycles. The minimum atomic E-state index is -0.431. The van der Waals surface area contributed by atoms with Crippen LogP contribution >= 0.6 is 11.6 Å². The Labute approximate surface area is 110 Å². The first kappa shape index (κ1) is 12.8. The van der Waals surface area contributed by atoms with Crippen molar-refractivity contribution < 1.29 is 4.39 Å². The monoisotopic (exact) mass is 265 g/mol. The van der Waals surface area contributed by atoms with Gasteiger partial charge < -0.3 is 5.32 Å². The predicted molar refractivity (Wildman–Crippen MR) is 71.5 cm³/mol. The molecule has 2 rings (SSSR count). The summed E-state index contributed by atoms with van der Waals surface area (Å²) in [6, 6.07) is 5.54. The highest BCUT2D eigenvalue weighted by Crippen LogP contribution is 2.25. The molecule has 5 heteroatoms.